The van der Waals surface area contributed by atoms with Gasteiger partial charge < -0.3 is 13.9 Å². The van der Waals surface area contributed by atoms with Crippen molar-refractivity contribution in [3.8, 4) is 11.5 Å². The molecule has 1 amide bonds. The summed E-state index contributed by atoms with van der Waals surface area (Å²) in [5.74, 6) is 1.70. The summed E-state index contributed by atoms with van der Waals surface area (Å²) >= 11 is 0. The minimum absolute atomic E-state index is 0.194. The van der Waals surface area contributed by atoms with E-state index in [0.717, 1.165) is 5.56 Å². The third-order valence-electron chi connectivity index (χ3n) is 2.97. The van der Waals surface area contributed by atoms with Crippen molar-refractivity contribution in [3.63, 3.8) is 0 Å². The molecule has 0 atom stereocenters. The molecular weight excluding hydrogens is 296 g/mol. The van der Waals surface area contributed by atoms with E-state index in [4.69, 9.17) is 13.9 Å². The Kier molecular flexibility index (Phi) is 5.99. The van der Waals surface area contributed by atoms with Gasteiger partial charge in [0.1, 0.15) is 5.76 Å². The number of methoxy groups -OCH3 is 2. The highest BCUT2D eigenvalue weighted by atomic mass is 16.5. The van der Waals surface area contributed by atoms with Crippen molar-refractivity contribution in [2.24, 2.45) is 5.10 Å². The first-order valence-corrected chi connectivity index (χ1v) is 6.96. The Bertz CT molecular complexity index is 691. The van der Waals surface area contributed by atoms with E-state index in [-0.39, 0.29) is 12.3 Å². The second kappa shape index (κ2) is 8.43. The summed E-state index contributed by atoms with van der Waals surface area (Å²) in [5, 5.41) is 3.83. The van der Waals surface area contributed by atoms with Crippen LogP contribution in [0.3, 0.4) is 0 Å². The Labute approximate surface area is 134 Å². The van der Waals surface area contributed by atoms with Gasteiger partial charge in [-0.3, -0.25) is 4.79 Å². The monoisotopic (exact) mass is 314 g/mol. The van der Waals surface area contributed by atoms with E-state index in [1.54, 1.807) is 50.8 Å². The van der Waals surface area contributed by atoms with Gasteiger partial charge in [0.05, 0.1) is 26.9 Å². The van der Waals surface area contributed by atoms with Gasteiger partial charge in [-0.2, -0.15) is 5.10 Å². The van der Waals surface area contributed by atoms with Crippen molar-refractivity contribution in [1.82, 2.24) is 5.43 Å². The number of amides is 1. The Hall–Kier alpha value is -3.02. The average molecular weight is 314 g/mol. The van der Waals surface area contributed by atoms with Crippen LogP contribution >= 0.6 is 0 Å². The summed E-state index contributed by atoms with van der Waals surface area (Å²) < 4.78 is 15.5. The van der Waals surface area contributed by atoms with Gasteiger partial charge in [0.2, 0.25) is 5.91 Å². The molecule has 6 nitrogen and oxygen atoms in total. The second-order valence-corrected chi connectivity index (χ2v) is 4.55. The molecule has 0 aliphatic rings. The molecule has 0 aliphatic heterocycles. The number of nitrogens with zero attached hydrogens (tertiary/aromatic N) is 1. The SMILES string of the molecule is COc1ccc(CC(=O)N/N=C/C=C/c2ccco2)cc1OC. The van der Waals surface area contributed by atoms with Crippen molar-refractivity contribution in [3.05, 3.63) is 54.0 Å². The quantitative estimate of drug-likeness (QED) is 0.630. The topological polar surface area (TPSA) is 73.1 Å². The molecule has 0 unspecified atom stereocenters. The van der Waals surface area contributed by atoms with Crippen LogP contribution in [0.2, 0.25) is 0 Å². The lowest BCUT2D eigenvalue weighted by atomic mass is 10.1. The first-order chi connectivity index (χ1) is 11.2. The maximum atomic E-state index is 11.8. The standard InChI is InChI=1S/C17H18N2O4/c1-21-15-8-7-13(11-16(15)22-2)12-17(20)19-18-9-3-5-14-6-4-10-23-14/h3-11H,12H2,1-2H3,(H,19,20)/b5-3+,18-9+. The Morgan fingerprint density at radius 3 is 2.78 bits per heavy atom. The Balaban J connectivity index is 1.85. The summed E-state index contributed by atoms with van der Waals surface area (Å²) in [6.45, 7) is 0. The van der Waals surface area contributed by atoms with Crippen molar-refractivity contribution >= 4 is 18.2 Å². The fourth-order valence-electron chi connectivity index (χ4n) is 1.89. The van der Waals surface area contributed by atoms with Crippen LogP contribution in [0.5, 0.6) is 11.5 Å². The molecule has 23 heavy (non-hydrogen) atoms. The molecule has 1 N–H and O–H groups in total. The van der Waals surface area contributed by atoms with E-state index >= 15 is 0 Å². The molecule has 0 aliphatic carbocycles. The van der Waals surface area contributed by atoms with Crippen LogP contribution in [-0.2, 0) is 11.2 Å². The fraction of sp³-hybridized carbons (Fsp3) is 0.176. The van der Waals surface area contributed by atoms with Crippen molar-refractivity contribution in [1.29, 1.82) is 0 Å². The lowest BCUT2D eigenvalue weighted by Gasteiger charge is -2.08. The molecule has 0 spiro atoms. The number of allylic oxidation sites excluding steroid dienone is 1. The van der Waals surface area contributed by atoms with Crippen molar-refractivity contribution < 1.29 is 18.7 Å². The van der Waals surface area contributed by atoms with E-state index < -0.39 is 0 Å². The number of hydrogen-bond donors (Lipinski definition) is 1. The highest BCUT2D eigenvalue weighted by Crippen LogP contribution is 2.27. The highest BCUT2D eigenvalue weighted by molar-refractivity contribution is 5.82. The number of hydrogen-bond acceptors (Lipinski definition) is 5. The molecule has 1 aromatic carbocycles. The number of hydrazone groups is 1. The molecule has 6 heteroatoms. The zero-order valence-electron chi connectivity index (χ0n) is 13.0. The second-order valence-electron chi connectivity index (χ2n) is 4.55. The van der Waals surface area contributed by atoms with Gasteiger partial charge in [-0.25, -0.2) is 5.43 Å². The third kappa shape index (κ3) is 5.03. The molecule has 0 fully saturated rings. The minimum Gasteiger partial charge on any atom is -0.493 e. The van der Waals surface area contributed by atoms with Gasteiger partial charge in [0.15, 0.2) is 11.5 Å². The summed E-state index contributed by atoms with van der Waals surface area (Å²) in [7, 11) is 3.12. The number of carbonyl (C=O) groups excluding carboxylic acids is 1. The minimum atomic E-state index is -0.222. The molecule has 2 rings (SSSR count). The predicted molar refractivity (Wildman–Crippen MR) is 87.6 cm³/mol. The normalized spacial score (nSPS) is 11.0. The molecule has 0 radical (unpaired) electrons. The average Bonchev–Trinajstić information content (AvgIpc) is 3.07. The fourth-order valence-corrected chi connectivity index (χ4v) is 1.89. The summed E-state index contributed by atoms with van der Waals surface area (Å²) in [6, 6.07) is 8.94. The number of ether oxygens (including phenoxy) is 2. The predicted octanol–water partition coefficient (Wildman–Crippen LogP) is 2.65. The van der Waals surface area contributed by atoms with Crippen LogP contribution in [-0.4, -0.2) is 26.3 Å². The van der Waals surface area contributed by atoms with Crippen LogP contribution in [0.25, 0.3) is 6.08 Å². The van der Waals surface area contributed by atoms with E-state index in [1.807, 2.05) is 12.1 Å². The zero-order chi connectivity index (χ0) is 16.5. The third-order valence-corrected chi connectivity index (χ3v) is 2.97. The maximum Gasteiger partial charge on any atom is 0.244 e. The molecule has 0 saturated carbocycles. The van der Waals surface area contributed by atoms with Gasteiger partial charge in [-0.05, 0) is 42.0 Å². The number of furan rings is 1. The van der Waals surface area contributed by atoms with Gasteiger partial charge in [0, 0.05) is 6.21 Å². The number of carbonyl (C=O) groups is 1. The maximum absolute atomic E-state index is 11.8. The van der Waals surface area contributed by atoms with Crippen LogP contribution < -0.4 is 14.9 Å². The lowest BCUT2D eigenvalue weighted by Crippen LogP contribution is -2.19. The summed E-state index contributed by atoms with van der Waals surface area (Å²) in [4.78, 5) is 11.8. The van der Waals surface area contributed by atoms with Crippen LogP contribution in [0.15, 0.2) is 52.2 Å². The van der Waals surface area contributed by atoms with Crippen molar-refractivity contribution in [2.45, 2.75) is 6.42 Å². The summed E-state index contributed by atoms with van der Waals surface area (Å²) in [5.41, 5.74) is 3.26. The van der Waals surface area contributed by atoms with E-state index in [1.165, 1.54) is 6.21 Å². The number of nitrogens with one attached hydrogen (secondary N) is 1. The number of benzene rings is 1. The molecular formula is C17H18N2O4. The van der Waals surface area contributed by atoms with E-state index in [0.29, 0.717) is 17.3 Å². The number of rotatable bonds is 7. The molecule has 1 aromatic heterocycles. The smallest absolute Gasteiger partial charge is 0.244 e. The molecule has 0 bridgehead atoms. The Morgan fingerprint density at radius 2 is 2.09 bits per heavy atom. The first-order valence-electron chi connectivity index (χ1n) is 6.96. The van der Waals surface area contributed by atoms with Crippen LogP contribution in [0, 0.1) is 0 Å². The molecule has 0 saturated heterocycles. The van der Waals surface area contributed by atoms with Crippen molar-refractivity contribution in [2.75, 3.05) is 14.2 Å². The van der Waals surface area contributed by atoms with Crippen LogP contribution in [0.4, 0.5) is 0 Å². The lowest BCUT2D eigenvalue weighted by molar-refractivity contribution is -0.120. The van der Waals surface area contributed by atoms with Gasteiger partial charge in [0.25, 0.3) is 0 Å². The molecule has 120 valence electrons. The van der Waals surface area contributed by atoms with E-state index in [9.17, 15) is 4.79 Å². The summed E-state index contributed by atoms with van der Waals surface area (Å²) in [6.07, 6.45) is 6.68. The highest BCUT2D eigenvalue weighted by Gasteiger charge is 2.07. The van der Waals surface area contributed by atoms with E-state index in [2.05, 4.69) is 10.5 Å². The molecule has 1 heterocycles. The van der Waals surface area contributed by atoms with Crippen LogP contribution in [0.1, 0.15) is 11.3 Å². The molecule has 2 aromatic rings. The largest absolute Gasteiger partial charge is 0.493 e. The van der Waals surface area contributed by atoms with Gasteiger partial charge in [-0.1, -0.05) is 6.07 Å². The van der Waals surface area contributed by atoms with Gasteiger partial charge >= 0.3 is 0 Å². The first kappa shape index (κ1) is 16.4. The zero-order valence-corrected chi connectivity index (χ0v) is 13.0. The Morgan fingerprint density at radius 1 is 1.26 bits per heavy atom. The van der Waals surface area contributed by atoms with Gasteiger partial charge in [-0.15, -0.1) is 0 Å².